The molecule has 150 valence electrons. The Morgan fingerprint density at radius 2 is 1.85 bits per heavy atom. The Kier molecular flexibility index (Phi) is 6.08. The summed E-state index contributed by atoms with van der Waals surface area (Å²) in [6, 6.07) is 5.43. The Labute approximate surface area is 159 Å². The van der Waals surface area contributed by atoms with Crippen LogP contribution in [0, 0.1) is 0 Å². The van der Waals surface area contributed by atoms with Gasteiger partial charge in [0.05, 0.1) is 6.61 Å². The van der Waals surface area contributed by atoms with Gasteiger partial charge in [0.25, 0.3) is 10.2 Å². The minimum absolute atomic E-state index is 0.180. The summed E-state index contributed by atoms with van der Waals surface area (Å²) >= 11 is 0. The predicted octanol–water partition coefficient (Wildman–Crippen LogP) is 1.26. The van der Waals surface area contributed by atoms with E-state index in [1.54, 1.807) is 26.0 Å². The third-order valence-corrected chi connectivity index (χ3v) is 6.62. The molecule has 1 amide bonds. The highest BCUT2D eigenvalue weighted by Crippen LogP contribution is 2.33. The van der Waals surface area contributed by atoms with Crippen molar-refractivity contribution >= 4 is 16.3 Å². The zero-order chi connectivity index (χ0) is 19.4. The molecule has 27 heavy (non-hydrogen) atoms. The Hall–Kier alpha value is -2.04. The van der Waals surface area contributed by atoms with E-state index in [4.69, 9.17) is 14.2 Å². The number of amides is 1. The zero-order valence-corrected chi connectivity index (χ0v) is 16.4. The van der Waals surface area contributed by atoms with E-state index in [1.165, 1.54) is 13.5 Å². The van der Waals surface area contributed by atoms with Gasteiger partial charge in [-0.25, -0.2) is 4.79 Å². The van der Waals surface area contributed by atoms with Crippen molar-refractivity contribution < 1.29 is 27.4 Å². The second-order valence-corrected chi connectivity index (χ2v) is 8.14. The average molecular weight is 399 g/mol. The molecule has 3 rings (SSSR count). The molecule has 2 aliphatic heterocycles. The Morgan fingerprint density at radius 3 is 2.52 bits per heavy atom. The van der Waals surface area contributed by atoms with Gasteiger partial charge in [-0.3, -0.25) is 0 Å². The minimum Gasteiger partial charge on any atom is -0.454 e. The van der Waals surface area contributed by atoms with E-state index in [0.29, 0.717) is 37.7 Å². The lowest BCUT2D eigenvalue weighted by atomic mass is 10.2. The Bertz CT molecular complexity index is 777. The first-order valence-electron chi connectivity index (χ1n) is 9.01. The first kappa shape index (κ1) is 19.7. The summed E-state index contributed by atoms with van der Waals surface area (Å²) in [6.07, 6.45) is -0.401. The second kappa shape index (κ2) is 8.32. The molecule has 0 N–H and O–H groups in total. The number of nitrogens with zero attached hydrogens (tertiary/aromatic N) is 3. The summed E-state index contributed by atoms with van der Waals surface area (Å²) in [6.45, 7) is 5.75. The number of hydrogen-bond acceptors (Lipinski definition) is 6. The largest absolute Gasteiger partial charge is 0.454 e. The van der Waals surface area contributed by atoms with Gasteiger partial charge < -0.3 is 19.1 Å². The van der Waals surface area contributed by atoms with Gasteiger partial charge in [0.2, 0.25) is 6.79 Å². The lowest BCUT2D eigenvalue weighted by molar-refractivity contribution is 0.0924. The highest BCUT2D eigenvalue weighted by molar-refractivity contribution is 7.86. The molecule has 10 heteroatoms. The SMILES string of the molecule is CCOC(=O)N1CCN(S(=O)(=O)N(CC)Cc2ccc3c(c2)OCO3)CC1. The zero-order valence-electron chi connectivity index (χ0n) is 15.6. The molecule has 0 radical (unpaired) electrons. The van der Waals surface area contributed by atoms with Crippen LogP contribution in [0.5, 0.6) is 11.5 Å². The number of fused-ring (bicyclic) bond motifs is 1. The quantitative estimate of drug-likeness (QED) is 0.716. The van der Waals surface area contributed by atoms with Crippen molar-refractivity contribution in [2.75, 3.05) is 46.1 Å². The van der Waals surface area contributed by atoms with Crippen LogP contribution in [0.3, 0.4) is 0 Å². The van der Waals surface area contributed by atoms with Crippen molar-refractivity contribution in [1.82, 2.24) is 13.5 Å². The maximum Gasteiger partial charge on any atom is 0.409 e. The molecule has 0 saturated carbocycles. The Morgan fingerprint density at radius 1 is 1.15 bits per heavy atom. The molecule has 1 saturated heterocycles. The van der Waals surface area contributed by atoms with Crippen molar-refractivity contribution in [2.45, 2.75) is 20.4 Å². The van der Waals surface area contributed by atoms with Crippen LogP contribution in [-0.2, 0) is 21.5 Å². The molecular formula is C17H25N3O6S. The summed E-state index contributed by atoms with van der Waals surface area (Å²) in [4.78, 5) is 13.3. The van der Waals surface area contributed by atoms with E-state index >= 15 is 0 Å². The van der Waals surface area contributed by atoms with Crippen LogP contribution >= 0.6 is 0 Å². The maximum atomic E-state index is 13.0. The van der Waals surface area contributed by atoms with Gasteiger partial charge in [-0.2, -0.15) is 17.0 Å². The summed E-state index contributed by atoms with van der Waals surface area (Å²) in [7, 11) is -3.63. The monoisotopic (exact) mass is 399 g/mol. The van der Waals surface area contributed by atoms with Crippen molar-refractivity contribution in [2.24, 2.45) is 0 Å². The normalized spacial score (nSPS) is 17.4. The number of benzene rings is 1. The molecule has 1 aromatic rings. The summed E-state index contributed by atoms with van der Waals surface area (Å²) in [5.74, 6) is 1.30. The third kappa shape index (κ3) is 4.28. The molecule has 1 aromatic carbocycles. The van der Waals surface area contributed by atoms with Crippen LogP contribution in [0.25, 0.3) is 0 Å². The van der Waals surface area contributed by atoms with Crippen molar-refractivity contribution in [3.63, 3.8) is 0 Å². The van der Waals surface area contributed by atoms with Crippen LogP contribution < -0.4 is 9.47 Å². The number of carbonyl (C=O) groups is 1. The van der Waals surface area contributed by atoms with E-state index < -0.39 is 16.3 Å². The minimum atomic E-state index is -3.63. The summed E-state index contributed by atoms with van der Waals surface area (Å²) in [5, 5.41) is 0. The number of piperazine rings is 1. The second-order valence-electron chi connectivity index (χ2n) is 6.21. The van der Waals surface area contributed by atoms with E-state index in [2.05, 4.69) is 0 Å². The van der Waals surface area contributed by atoms with Crippen LogP contribution in [0.4, 0.5) is 4.79 Å². The molecule has 9 nitrogen and oxygen atoms in total. The number of hydrogen-bond donors (Lipinski definition) is 0. The van der Waals surface area contributed by atoms with Crippen molar-refractivity contribution in [3.05, 3.63) is 23.8 Å². The molecule has 2 heterocycles. The fourth-order valence-corrected chi connectivity index (χ4v) is 4.67. The topological polar surface area (TPSA) is 88.6 Å². The van der Waals surface area contributed by atoms with Crippen molar-refractivity contribution in [3.8, 4) is 11.5 Å². The summed E-state index contributed by atoms with van der Waals surface area (Å²) in [5.41, 5.74) is 0.829. The molecule has 0 aliphatic carbocycles. The van der Waals surface area contributed by atoms with Gasteiger partial charge >= 0.3 is 6.09 Å². The van der Waals surface area contributed by atoms with Gasteiger partial charge in [-0.05, 0) is 24.6 Å². The van der Waals surface area contributed by atoms with Gasteiger partial charge in [-0.15, -0.1) is 0 Å². The van der Waals surface area contributed by atoms with Gasteiger partial charge in [0.1, 0.15) is 0 Å². The molecule has 0 aromatic heterocycles. The highest BCUT2D eigenvalue weighted by atomic mass is 32.2. The van der Waals surface area contributed by atoms with Gasteiger partial charge in [-0.1, -0.05) is 13.0 Å². The lowest BCUT2D eigenvalue weighted by Gasteiger charge is -2.36. The van der Waals surface area contributed by atoms with E-state index in [-0.39, 0.29) is 26.4 Å². The van der Waals surface area contributed by atoms with Gasteiger partial charge in [0.15, 0.2) is 11.5 Å². The smallest absolute Gasteiger partial charge is 0.409 e. The van der Waals surface area contributed by atoms with E-state index in [0.717, 1.165) is 5.56 Å². The van der Waals surface area contributed by atoms with Crippen LogP contribution in [0.15, 0.2) is 18.2 Å². The van der Waals surface area contributed by atoms with Crippen molar-refractivity contribution in [1.29, 1.82) is 0 Å². The van der Waals surface area contributed by atoms with Crippen LogP contribution in [-0.4, -0.2) is 74.1 Å². The average Bonchev–Trinajstić information content (AvgIpc) is 3.14. The Balaban J connectivity index is 1.65. The molecule has 1 fully saturated rings. The maximum absolute atomic E-state index is 13.0. The predicted molar refractivity (Wildman–Crippen MR) is 97.7 cm³/mol. The van der Waals surface area contributed by atoms with Crippen LogP contribution in [0.1, 0.15) is 19.4 Å². The fraction of sp³-hybridized carbons (Fsp3) is 0.588. The molecule has 0 bridgehead atoms. The number of ether oxygens (including phenoxy) is 3. The first-order chi connectivity index (χ1) is 13.0. The third-order valence-electron chi connectivity index (χ3n) is 4.57. The lowest BCUT2D eigenvalue weighted by Crippen LogP contribution is -2.54. The first-order valence-corrected chi connectivity index (χ1v) is 10.4. The number of rotatable bonds is 6. The molecular weight excluding hydrogens is 374 g/mol. The molecule has 0 atom stereocenters. The highest BCUT2D eigenvalue weighted by Gasteiger charge is 2.33. The van der Waals surface area contributed by atoms with E-state index in [1.807, 2.05) is 6.07 Å². The molecule has 2 aliphatic rings. The van der Waals surface area contributed by atoms with Gasteiger partial charge in [0, 0.05) is 39.3 Å². The van der Waals surface area contributed by atoms with E-state index in [9.17, 15) is 13.2 Å². The fourth-order valence-electron chi connectivity index (χ4n) is 3.08. The standard InChI is InChI=1S/C17H25N3O6S/c1-3-19(12-14-5-6-15-16(11-14)26-13-25-15)27(22,23)20-9-7-18(8-10-20)17(21)24-4-2/h5-6,11H,3-4,7-10,12-13H2,1-2H3. The molecule has 0 unspecified atom stereocenters. The molecule has 0 spiro atoms. The van der Waals surface area contributed by atoms with Crippen LogP contribution in [0.2, 0.25) is 0 Å². The summed E-state index contributed by atoms with van der Waals surface area (Å²) < 4.78 is 44.5. The number of carbonyl (C=O) groups excluding carboxylic acids is 1.